The molecule has 8 aromatic heterocycles. The molecule has 0 saturated heterocycles. The first-order valence-electron chi connectivity index (χ1n) is 47.3. The van der Waals surface area contributed by atoms with Crippen LogP contribution in [0, 0.1) is 0 Å². The number of fused-ring (bicyclic) bond motifs is 30. The van der Waals surface area contributed by atoms with Gasteiger partial charge in [0.25, 0.3) is 0 Å². The van der Waals surface area contributed by atoms with Gasteiger partial charge in [0.15, 0.2) is 11.6 Å². The van der Waals surface area contributed by atoms with Crippen molar-refractivity contribution >= 4 is 119 Å². The van der Waals surface area contributed by atoms with Crippen LogP contribution in [0.25, 0.3) is 226 Å². The monoisotopic (exact) mass is 1780 g/mol. The van der Waals surface area contributed by atoms with Crippen LogP contribution in [0.1, 0.15) is 99.9 Å². The number of para-hydroxylation sites is 4. The summed E-state index contributed by atoms with van der Waals surface area (Å²) in [5, 5.41) is 12.4. The molecular formula is C126H89N9OS. The number of benzene rings is 17. The molecule has 0 N–H and O–H groups in total. The van der Waals surface area contributed by atoms with Crippen LogP contribution in [-0.2, 0) is 21.7 Å². The van der Waals surface area contributed by atoms with Gasteiger partial charge in [0, 0.05) is 152 Å². The number of furan rings is 1. The first kappa shape index (κ1) is 80.1. The summed E-state index contributed by atoms with van der Waals surface area (Å²) in [6, 6.07) is 141. The normalized spacial score (nSPS) is 14.1. The molecule has 0 bridgehead atoms. The predicted molar refractivity (Wildman–Crippen MR) is 567 cm³/mol. The minimum Gasteiger partial charge on any atom is -0.455 e. The van der Waals surface area contributed by atoms with E-state index in [1.807, 2.05) is 23.5 Å². The average Bonchev–Trinajstić information content (AvgIpc) is 1.50. The third kappa shape index (κ3) is 11.8. The van der Waals surface area contributed by atoms with Crippen LogP contribution in [0.4, 0.5) is 0 Å². The Hall–Kier alpha value is -16.6. The van der Waals surface area contributed by atoms with E-state index in [1.165, 1.54) is 130 Å². The third-order valence-corrected chi connectivity index (χ3v) is 31.2. The molecule has 0 aliphatic heterocycles. The first-order chi connectivity index (χ1) is 67.0. The number of aromatic nitrogens is 9. The van der Waals surface area contributed by atoms with Crippen molar-refractivity contribution in [3.05, 3.63) is 439 Å². The van der Waals surface area contributed by atoms with Crippen LogP contribution >= 0.6 is 11.3 Å². The van der Waals surface area contributed by atoms with E-state index in [9.17, 15) is 0 Å². The second-order valence-corrected chi connectivity index (χ2v) is 40.1. The highest BCUT2D eigenvalue weighted by atomic mass is 32.1. The SMILES string of the molecule is CC1(C)c2ccccc2-c2nc(-c3ccc(-n4c5ccccc5c5c6oc7ccccc7c6ccc54)cc3)nc(-c3ccccc3)c21.CC1(C)c2ccccc2-c2nc(-c3ccc(-n4c5ccccc5c5c6sc7ccccc7c6ccc54)cc3)nc(-c3ccccc3)c21.CC1(C)c2ccccc2-c2nc(-n3c4ccccc4c4c5c(ccc43)-c3ccccc3C5(C)C)nc(-c3ccccc3)c21. The van der Waals surface area contributed by atoms with Gasteiger partial charge in [0.1, 0.15) is 11.2 Å². The molecule has 0 atom stereocenters. The maximum absolute atomic E-state index is 6.49. The summed E-state index contributed by atoms with van der Waals surface area (Å²) in [7, 11) is 0. The fraction of sp³-hybridized carbons (Fsp3) is 0.0952. The van der Waals surface area contributed by atoms with Crippen LogP contribution in [0.2, 0.25) is 0 Å². The summed E-state index contributed by atoms with van der Waals surface area (Å²) in [5.41, 5.74) is 38.1. The molecule has 137 heavy (non-hydrogen) atoms. The predicted octanol–water partition coefficient (Wildman–Crippen LogP) is 32.5. The van der Waals surface area contributed by atoms with Gasteiger partial charge < -0.3 is 13.6 Å². The van der Waals surface area contributed by atoms with Crippen molar-refractivity contribution in [1.29, 1.82) is 0 Å². The lowest BCUT2D eigenvalue weighted by Gasteiger charge is -2.24. The quantitative estimate of drug-likeness (QED) is 0.149. The van der Waals surface area contributed by atoms with Gasteiger partial charge in [-0.1, -0.05) is 347 Å². The minimum absolute atomic E-state index is 0.128. The summed E-state index contributed by atoms with van der Waals surface area (Å²) in [6.07, 6.45) is 0. The van der Waals surface area contributed by atoms with Gasteiger partial charge in [0.2, 0.25) is 5.95 Å². The number of rotatable bonds is 8. The zero-order valence-corrected chi connectivity index (χ0v) is 77.7. The van der Waals surface area contributed by atoms with Gasteiger partial charge in [-0.25, -0.2) is 29.9 Å². The van der Waals surface area contributed by atoms with Crippen molar-refractivity contribution < 1.29 is 4.42 Å². The van der Waals surface area contributed by atoms with Crippen LogP contribution in [0.3, 0.4) is 0 Å². The largest absolute Gasteiger partial charge is 0.455 e. The van der Waals surface area contributed by atoms with E-state index in [1.54, 1.807) is 0 Å². The maximum atomic E-state index is 6.49. The lowest BCUT2D eigenvalue weighted by Crippen LogP contribution is -2.18. The Morgan fingerprint density at radius 2 is 0.577 bits per heavy atom. The second-order valence-electron chi connectivity index (χ2n) is 39.0. The van der Waals surface area contributed by atoms with Crippen molar-refractivity contribution in [2.24, 2.45) is 0 Å². The standard InChI is InChI=1S/C43H29N3O.C43H29N3S.C40H31N3/c2*1-43(2)33-17-9-6-15-31(33)40-38(43)39(26-12-4-3-5-13-26)44-42(45-40)27-20-22-28(23-21-27)46-34-18-10-7-16-32(34)37-35(46)25-24-30-29-14-8-11-19-36(29)47-41(30)37;1-39(2)29-19-11-8-16-25(29)26-22-23-32-33(34(26)39)28-18-10-13-21-31(28)43(32)38-41-36(24-14-6-5-7-15-24)35-37(42-38)27-17-9-12-20-30(27)40(35,3)4/h2*3-25H,1-2H3;5-23H,1-4H3. The van der Waals surface area contributed by atoms with E-state index in [2.05, 4.69) is 451 Å². The summed E-state index contributed by atoms with van der Waals surface area (Å²) in [6.45, 7) is 18.5. The van der Waals surface area contributed by atoms with E-state index in [0.717, 1.165) is 134 Å². The van der Waals surface area contributed by atoms with Gasteiger partial charge in [-0.2, -0.15) is 0 Å². The molecular weight excluding hydrogens is 1690 g/mol. The molecule has 8 heterocycles. The van der Waals surface area contributed by atoms with Crippen molar-refractivity contribution in [2.75, 3.05) is 0 Å². The third-order valence-electron chi connectivity index (χ3n) is 30.0. The maximum Gasteiger partial charge on any atom is 0.235 e. The number of hydrogen-bond acceptors (Lipinski definition) is 8. The van der Waals surface area contributed by atoms with Crippen LogP contribution < -0.4 is 0 Å². The molecule has 10 nitrogen and oxygen atoms in total. The number of nitrogens with zero attached hydrogens (tertiary/aromatic N) is 9. The molecule has 0 unspecified atom stereocenters. The molecule has 0 radical (unpaired) electrons. The van der Waals surface area contributed by atoms with Gasteiger partial charge in [-0.3, -0.25) is 4.57 Å². The van der Waals surface area contributed by atoms with Gasteiger partial charge in [-0.05, 0) is 142 Å². The molecule has 0 saturated carbocycles. The summed E-state index contributed by atoms with van der Waals surface area (Å²) in [5.74, 6) is 2.19. The first-order valence-corrected chi connectivity index (χ1v) is 48.1. The second kappa shape index (κ2) is 30.0. The Balaban J connectivity index is 0.000000104. The highest BCUT2D eigenvalue weighted by Crippen LogP contribution is 2.58. The van der Waals surface area contributed by atoms with Gasteiger partial charge in [0.05, 0.1) is 72.6 Å². The van der Waals surface area contributed by atoms with E-state index in [4.69, 9.17) is 34.3 Å². The van der Waals surface area contributed by atoms with E-state index in [0.29, 0.717) is 5.95 Å². The molecule has 4 aliphatic rings. The summed E-state index contributed by atoms with van der Waals surface area (Å²) >= 11 is 1.89. The van der Waals surface area contributed by atoms with Crippen LogP contribution in [0.15, 0.2) is 399 Å². The zero-order valence-electron chi connectivity index (χ0n) is 76.9. The van der Waals surface area contributed by atoms with Gasteiger partial charge >= 0.3 is 0 Å². The van der Waals surface area contributed by atoms with E-state index < -0.39 is 0 Å². The average molecular weight is 1780 g/mol. The van der Waals surface area contributed by atoms with Crippen molar-refractivity contribution in [3.63, 3.8) is 0 Å². The smallest absolute Gasteiger partial charge is 0.235 e. The molecule has 0 spiro atoms. The van der Waals surface area contributed by atoms with Gasteiger partial charge in [-0.15, -0.1) is 11.3 Å². The fourth-order valence-electron chi connectivity index (χ4n) is 23.7. The highest BCUT2D eigenvalue weighted by molar-refractivity contribution is 7.26. The Bertz CT molecular complexity index is 9020. The summed E-state index contributed by atoms with van der Waals surface area (Å²) in [4.78, 5) is 32.0. The lowest BCUT2D eigenvalue weighted by molar-refractivity contribution is 0.656. The number of hydrogen-bond donors (Lipinski definition) is 0. The minimum atomic E-state index is -0.215. The molecule has 4 aliphatic carbocycles. The van der Waals surface area contributed by atoms with Crippen molar-refractivity contribution in [1.82, 2.24) is 43.6 Å². The molecule has 25 aromatic rings. The fourth-order valence-corrected chi connectivity index (χ4v) is 25.0. The van der Waals surface area contributed by atoms with Crippen molar-refractivity contribution in [3.8, 4) is 119 Å². The number of thiophene rings is 1. The highest BCUT2D eigenvalue weighted by Gasteiger charge is 2.45. The Labute approximate surface area is 795 Å². The van der Waals surface area contributed by atoms with E-state index in [-0.39, 0.29) is 21.7 Å². The topological polar surface area (TPSA) is 105 Å². The lowest BCUT2D eigenvalue weighted by atomic mass is 9.80. The molecule has 650 valence electrons. The molecule has 11 heteroatoms. The Morgan fingerprint density at radius 1 is 0.226 bits per heavy atom. The molecule has 0 fully saturated rings. The van der Waals surface area contributed by atoms with E-state index >= 15 is 0 Å². The van der Waals surface area contributed by atoms with Crippen LogP contribution in [0.5, 0.6) is 0 Å². The Kier molecular flexibility index (Phi) is 17.5. The Morgan fingerprint density at radius 3 is 1.09 bits per heavy atom. The van der Waals surface area contributed by atoms with Crippen LogP contribution in [-0.4, -0.2) is 43.6 Å². The molecule has 17 aromatic carbocycles. The molecule has 29 rings (SSSR count). The molecule has 0 amide bonds. The van der Waals surface area contributed by atoms with Crippen molar-refractivity contribution in [2.45, 2.75) is 77.0 Å². The summed E-state index contributed by atoms with van der Waals surface area (Å²) < 4.78 is 16.2. The zero-order chi connectivity index (χ0) is 91.6.